The lowest BCUT2D eigenvalue weighted by atomic mass is 9.86. The topological polar surface area (TPSA) is 21.3 Å². The van der Waals surface area contributed by atoms with Crippen LogP contribution in [0.3, 0.4) is 0 Å². The van der Waals surface area contributed by atoms with E-state index >= 15 is 0 Å². The van der Waals surface area contributed by atoms with E-state index in [4.69, 9.17) is 4.74 Å². The zero-order valence-corrected chi connectivity index (χ0v) is 12.7. The van der Waals surface area contributed by atoms with Gasteiger partial charge in [-0.15, -0.1) is 0 Å². The molecule has 104 valence electrons. The van der Waals surface area contributed by atoms with Crippen LogP contribution in [-0.2, 0) is 4.74 Å². The Morgan fingerprint density at radius 3 is 2.56 bits per heavy atom. The van der Waals surface area contributed by atoms with Crippen molar-refractivity contribution in [2.24, 2.45) is 5.41 Å². The molecule has 0 amide bonds. The van der Waals surface area contributed by atoms with Crippen LogP contribution in [0.15, 0.2) is 23.3 Å². The van der Waals surface area contributed by atoms with Crippen molar-refractivity contribution in [1.29, 1.82) is 0 Å². The van der Waals surface area contributed by atoms with Gasteiger partial charge in [0, 0.05) is 12.0 Å². The third kappa shape index (κ3) is 5.36. The molecular formula is C16H29NO. The van der Waals surface area contributed by atoms with Gasteiger partial charge in [-0.3, -0.25) is 5.32 Å². The Morgan fingerprint density at radius 2 is 2.00 bits per heavy atom. The Hall–Kier alpha value is -0.600. The third-order valence-corrected chi connectivity index (χ3v) is 3.49. The fourth-order valence-corrected chi connectivity index (χ4v) is 2.16. The second-order valence-corrected chi connectivity index (χ2v) is 6.27. The van der Waals surface area contributed by atoms with E-state index in [-0.39, 0.29) is 11.6 Å². The zero-order valence-electron chi connectivity index (χ0n) is 12.7. The predicted molar refractivity (Wildman–Crippen MR) is 78.6 cm³/mol. The normalized spacial score (nSPS) is 21.2. The highest BCUT2D eigenvalue weighted by molar-refractivity contribution is 5.04. The Kier molecular flexibility index (Phi) is 6.10. The molecule has 1 fully saturated rings. The second kappa shape index (κ2) is 7.10. The van der Waals surface area contributed by atoms with E-state index in [1.165, 1.54) is 17.6 Å². The van der Waals surface area contributed by atoms with Gasteiger partial charge in [-0.1, -0.05) is 37.1 Å². The van der Waals surface area contributed by atoms with Crippen LogP contribution in [0.2, 0.25) is 0 Å². The molecular weight excluding hydrogens is 222 g/mol. The van der Waals surface area contributed by atoms with E-state index < -0.39 is 0 Å². The fraction of sp³-hybridized carbons (Fsp3) is 0.750. The summed E-state index contributed by atoms with van der Waals surface area (Å²) < 4.78 is 5.71. The minimum atomic E-state index is 0.175. The van der Waals surface area contributed by atoms with E-state index in [9.17, 15) is 0 Å². The van der Waals surface area contributed by atoms with Crippen molar-refractivity contribution in [3.63, 3.8) is 0 Å². The summed E-state index contributed by atoms with van der Waals surface area (Å²) in [6.45, 7) is 12.9. The van der Waals surface area contributed by atoms with Crippen molar-refractivity contribution in [3.05, 3.63) is 23.3 Å². The lowest BCUT2D eigenvalue weighted by Gasteiger charge is -2.29. The van der Waals surface area contributed by atoms with Crippen LogP contribution < -0.4 is 5.32 Å². The quantitative estimate of drug-likeness (QED) is 0.719. The van der Waals surface area contributed by atoms with Gasteiger partial charge in [-0.2, -0.15) is 0 Å². The van der Waals surface area contributed by atoms with Crippen LogP contribution in [0.4, 0.5) is 0 Å². The molecule has 1 aliphatic heterocycles. The first-order chi connectivity index (χ1) is 8.42. The first kappa shape index (κ1) is 15.5. The zero-order chi connectivity index (χ0) is 13.6. The second-order valence-electron chi connectivity index (χ2n) is 6.27. The summed E-state index contributed by atoms with van der Waals surface area (Å²) in [5, 5.41) is 3.42. The third-order valence-electron chi connectivity index (χ3n) is 3.49. The molecule has 0 bridgehead atoms. The molecule has 1 aliphatic rings. The molecule has 1 atom stereocenters. The van der Waals surface area contributed by atoms with E-state index in [1.54, 1.807) is 0 Å². The Balaban J connectivity index is 2.38. The maximum Gasteiger partial charge on any atom is 0.113 e. The number of hydrogen-bond donors (Lipinski definition) is 1. The van der Waals surface area contributed by atoms with Crippen molar-refractivity contribution < 1.29 is 4.74 Å². The van der Waals surface area contributed by atoms with Crippen molar-refractivity contribution in [1.82, 2.24) is 5.32 Å². The number of hydrogen-bond acceptors (Lipinski definition) is 2. The Bertz CT molecular complexity index is 305. The summed E-state index contributed by atoms with van der Waals surface area (Å²) in [6, 6.07) is 0. The molecule has 0 aromatic heterocycles. The molecule has 1 saturated heterocycles. The summed E-state index contributed by atoms with van der Waals surface area (Å²) in [5.41, 5.74) is 3.07. The number of ether oxygens (including phenoxy) is 1. The van der Waals surface area contributed by atoms with Crippen LogP contribution in [0.1, 0.15) is 53.9 Å². The highest BCUT2D eigenvalue weighted by Crippen LogP contribution is 2.29. The van der Waals surface area contributed by atoms with Gasteiger partial charge in [0.15, 0.2) is 0 Å². The average Bonchev–Trinajstić information content (AvgIpc) is 2.80. The average molecular weight is 251 g/mol. The largest absolute Gasteiger partial charge is 0.361 e. The molecule has 18 heavy (non-hydrogen) atoms. The molecule has 0 saturated carbocycles. The maximum atomic E-state index is 5.71. The molecule has 1 N–H and O–H groups in total. The van der Waals surface area contributed by atoms with Crippen LogP contribution in [-0.4, -0.2) is 19.4 Å². The smallest absolute Gasteiger partial charge is 0.113 e. The molecule has 2 nitrogen and oxygen atoms in total. The van der Waals surface area contributed by atoms with Crippen molar-refractivity contribution in [2.75, 3.05) is 13.2 Å². The van der Waals surface area contributed by atoms with Gasteiger partial charge in [-0.25, -0.2) is 0 Å². The molecule has 2 heteroatoms. The van der Waals surface area contributed by atoms with Gasteiger partial charge < -0.3 is 4.74 Å². The van der Waals surface area contributed by atoms with Gasteiger partial charge in [-0.05, 0) is 40.0 Å². The van der Waals surface area contributed by atoms with Gasteiger partial charge in [0.25, 0.3) is 0 Å². The van der Waals surface area contributed by atoms with E-state index in [1.807, 2.05) is 0 Å². The lowest BCUT2D eigenvalue weighted by Crippen LogP contribution is -2.38. The SMILES string of the molecule is CC(C)=CCCC(C)=CCC(C)(C)[C@H]1NCCO1. The summed E-state index contributed by atoms with van der Waals surface area (Å²) >= 11 is 0. The molecule has 0 aromatic carbocycles. The molecule has 1 heterocycles. The first-order valence-electron chi connectivity index (χ1n) is 7.06. The van der Waals surface area contributed by atoms with Crippen LogP contribution in [0, 0.1) is 5.41 Å². The predicted octanol–water partition coefficient (Wildman–Crippen LogP) is 4.04. The number of rotatable bonds is 6. The maximum absolute atomic E-state index is 5.71. The number of nitrogens with one attached hydrogen (secondary N) is 1. The van der Waals surface area contributed by atoms with Crippen molar-refractivity contribution in [3.8, 4) is 0 Å². The van der Waals surface area contributed by atoms with Crippen molar-refractivity contribution in [2.45, 2.75) is 60.1 Å². The van der Waals surface area contributed by atoms with Crippen molar-refractivity contribution >= 4 is 0 Å². The van der Waals surface area contributed by atoms with Gasteiger partial charge in [0.05, 0.1) is 6.61 Å². The number of allylic oxidation sites excluding steroid dienone is 4. The lowest BCUT2D eigenvalue weighted by molar-refractivity contribution is 0.00894. The van der Waals surface area contributed by atoms with Gasteiger partial charge in [0.1, 0.15) is 6.23 Å². The van der Waals surface area contributed by atoms with E-state index in [2.05, 4.69) is 52.1 Å². The molecule has 0 radical (unpaired) electrons. The summed E-state index contributed by atoms with van der Waals surface area (Å²) in [7, 11) is 0. The monoisotopic (exact) mass is 251 g/mol. The van der Waals surface area contributed by atoms with Crippen LogP contribution >= 0.6 is 0 Å². The summed E-state index contributed by atoms with van der Waals surface area (Å²) in [4.78, 5) is 0. The summed E-state index contributed by atoms with van der Waals surface area (Å²) in [6.07, 6.45) is 8.29. The molecule has 0 unspecified atom stereocenters. The fourth-order valence-electron chi connectivity index (χ4n) is 2.16. The highest BCUT2D eigenvalue weighted by Gasteiger charge is 2.31. The minimum Gasteiger partial charge on any atom is -0.361 e. The summed E-state index contributed by atoms with van der Waals surface area (Å²) in [5.74, 6) is 0. The van der Waals surface area contributed by atoms with Gasteiger partial charge >= 0.3 is 0 Å². The van der Waals surface area contributed by atoms with Gasteiger partial charge in [0.2, 0.25) is 0 Å². The van der Waals surface area contributed by atoms with Crippen LogP contribution in [0.5, 0.6) is 0 Å². The van der Waals surface area contributed by atoms with E-state index in [0.29, 0.717) is 0 Å². The van der Waals surface area contributed by atoms with Crippen LogP contribution in [0.25, 0.3) is 0 Å². The minimum absolute atomic E-state index is 0.175. The first-order valence-corrected chi connectivity index (χ1v) is 7.06. The Morgan fingerprint density at radius 1 is 1.28 bits per heavy atom. The standard InChI is InChI=1S/C16H29NO/c1-13(2)7-6-8-14(3)9-10-16(4,5)15-17-11-12-18-15/h7,9,15,17H,6,8,10-12H2,1-5H3/t15-/m0/s1. The molecule has 0 spiro atoms. The molecule has 0 aromatic rings. The van der Waals surface area contributed by atoms with E-state index in [0.717, 1.165) is 26.0 Å². The molecule has 1 rings (SSSR count). The Labute approximate surface area is 112 Å². The molecule has 0 aliphatic carbocycles. The highest BCUT2D eigenvalue weighted by atomic mass is 16.5.